The maximum atomic E-state index is 13.3. The monoisotopic (exact) mass is 483 g/mol. The third kappa shape index (κ3) is 5.19. The van der Waals surface area contributed by atoms with Crippen LogP contribution in [0.3, 0.4) is 0 Å². The summed E-state index contributed by atoms with van der Waals surface area (Å²) in [6.45, 7) is 3.21. The molecule has 184 valence electrons. The van der Waals surface area contributed by atoms with Crippen LogP contribution in [0.25, 0.3) is 11.0 Å². The van der Waals surface area contributed by atoms with E-state index in [9.17, 15) is 19.1 Å². The van der Waals surface area contributed by atoms with Gasteiger partial charge in [-0.2, -0.15) is 0 Å². The van der Waals surface area contributed by atoms with E-state index < -0.39 is 11.9 Å². The number of ether oxygens (including phenoxy) is 2. The molecule has 0 bridgehead atoms. The number of amides is 1. The van der Waals surface area contributed by atoms with Gasteiger partial charge >= 0.3 is 6.09 Å². The second-order valence-electron chi connectivity index (χ2n) is 8.76. The van der Waals surface area contributed by atoms with Gasteiger partial charge in [0.2, 0.25) is 0 Å². The van der Waals surface area contributed by atoms with E-state index in [0.29, 0.717) is 72.8 Å². The van der Waals surface area contributed by atoms with E-state index >= 15 is 0 Å². The lowest BCUT2D eigenvalue weighted by molar-refractivity contribution is 0.0861. The molecule has 2 aliphatic heterocycles. The van der Waals surface area contributed by atoms with Gasteiger partial charge in [-0.15, -0.1) is 0 Å². The Morgan fingerprint density at radius 1 is 1.14 bits per heavy atom. The molecule has 3 aromatic rings. The van der Waals surface area contributed by atoms with Crippen molar-refractivity contribution in [1.29, 1.82) is 0 Å². The van der Waals surface area contributed by atoms with Crippen LogP contribution in [-0.2, 0) is 13.0 Å². The molecule has 35 heavy (non-hydrogen) atoms. The molecule has 0 unspecified atom stereocenters. The molecule has 2 aliphatic rings. The summed E-state index contributed by atoms with van der Waals surface area (Å²) in [5.74, 6) is 0.665. The summed E-state index contributed by atoms with van der Waals surface area (Å²) in [7, 11) is 0. The molecule has 5 heterocycles. The summed E-state index contributed by atoms with van der Waals surface area (Å²) < 4.78 is 24.4. The molecular formula is C24H26FN5O5. The van der Waals surface area contributed by atoms with Crippen molar-refractivity contribution in [2.24, 2.45) is 0 Å². The molecule has 0 aromatic carbocycles. The Balaban J connectivity index is 1.18. The van der Waals surface area contributed by atoms with E-state index in [1.165, 1.54) is 11.0 Å². The zero-order valence-corrected chi connectivity index (χ0v) is 19.1. The maximum Gasteiger partial charge on any atom is 0.407 e. The van der Waals surface area contributed by atoms with Crippen molar-refractivity contribution in [2.45, 2.75) is 31.8 Å². The lowest BCUT2D eigenvalue weighted by Crippen LogP contribution is -2.47. The van der Waals surface area contributed by atoms with E-state index in [1.54, 1.807) is 18.3 Å². The lowest BCUT2D eigenvalue weighted by Gasteiger charge is -2.37. The first-order valence-corrected chi connectivity index (χ1v) is 11.6. The molecule has 0 radical (unpaired) electrons. The fourth-order valence-electron chi connectivity index (χ4n) is 4.62. The summed E-state index contributed by atoms with van der Waals surface area (Å²) in [5, 5.41) is 9.84. The quantitative estimate of drug-likeness (QED) is 0.548. The summed E-state index contributed by atoms with van der Waals surface area (Å²) in [6.07, 6.45) is 3.62. The van der Waals surface area contributed by atoms with Crippen molar-refractivity contribution < 1.29 is 23.8 Å². The highest BCUT2D eigenvalue weighted by Gasteiger charge is 2.28. The zero-order valence-electron chi connectivity index (χ0n) is 19.1. The van der Waals surface area contributed by atoms with Crippen molar-refractivity contribution in [3.05, 3.63) is 58.0 Å². The van der Waals surface area contributed by atoms with E-state index in [4.69, 9.17) is 9.47 Å². The molecule has 2 N–H and O–H groups in total. The van der Waals surface area contributed by atoms with Gasteiger partial charge in [0.25, 0.3) is 5.56 Å². The Labute approximate surface area is 200 Å². The van der Waals surface area contributed by atoms with Gasteiger partial charge in [-0.05, 0) is 25.3 Å². The van der Waals surface area contributed by atoms with Crippen LogP contribution in [0.1, 0.15) is 24.1 Å². The molecule has 10 nitrogen and oxygen atoms in total. The normalized spacial score (nSPS) is 16.4. The Bertz CT molecular complexity index is 1290. The van der Waals surface area contributed by atoms with Gasteiger partial charge in [-0.25, -0.2) is 9.18 Å². The van der Waals surface area contributed by atoms with Crippen molar-refractivity contribution >= 4 is 17.1 Å². The molecule has 1 fully saturated rings. The van der Waals surface area contributed by atoms with Gasteiger partial charge in [-0.1, -0.05) is 0 Å². The van der Waals surface area contributed by atoms with E-state index in [-0.39, 0.29) is 18.1 Å². The molecule has 0 atom stereocenters. The van der Waals surface area contributed by atoms with Crippen LogP contribution < -0.4 is 15.0 Å². The Hall–Kier alpha value is -3.73. The van der Waals surface area contributed by atoms with Gasteiger partial charge in [0.05, 0.1) is 35.7 Å². The van der Waals surface area contributed by atoms with Gasteiger partial charge in [-0.3, -0.25) is 19.7 Å². The summed E-state index contributed by atoms with van der Waals surface area (Å²) in [6, 6.07) is 4.57. The second-order valence-corrected chi connectivity index (χ2v) is 8.76. The minimum Gasteiger partial charge on any atom is -0.486 e. The zero-order chi connectivity index (χ0) is 24.4. The molecule has 0 aliphatic carbocycles. The Kier molecular flexibility index (Phi) is 6.49. The highest BCUT2D eigenvalue weighted by molar-refractivity contribution is 5.74. The Morgan fingerprint density at radius 3 is 2.69 bits per heavy atom. The first-order chi connectivity index (χ1) is 17.0. The molecule has 0 spiro atoms. The summed E-state index contributed by atoms with van der Waals surface area (Å²) >= 11 is 0. The number of nitrogens with one attached hydrogen (secondary N) is 1. The number of carbonyl (C=O) groups is 1. The minimum atomic E-state index is -0.980. The van der Waals surface area contributed by atoms with Gasteiger partial charge < -0.3 is 24.5 Å². The lowest BCUT2D eigenvalue weighted by atomic mass is 10.0. The number of carboxylic acid groups (broad SMARTS) is 1. The van der Waals surface area contributed by atoms with Gasteiger partial charge in [0.15, 0.2) is 11.5 Å². The van der Waals surface area contributed by atoms with Crippen LogP contribution in [0, 0.1) is 5.82 Å². The molecule has 11 heteroatoms. The topological polar surface area (TPSA) is 121 Å². The minimum absolute atomic E-state index is 0.123. The number of aromatic amines is 1. The van der Waals surface area contributed by atoms with Crippen molar-refractivity contribution in [3.63, 3.8) is 0 Å². The predicted molar refractivity (Wildman–Crippen MR) is 124 cm³/mol. The number of halogens is 1. The number of aromatic nitrogens is 3. The largest absolute Gasteiger partial charge is 0.486 e. The molecular weight excluding hydrogens is 457 g/mol. The van der Waals surface area contributed by atoms with E-state index in [0.717, 1.165) is 19.3 Å². The smallest absolute Gasteiger partial charge is 0.407 e. The molecule has 1 amide bonds. The first-order valence-electron chi connectivity index (χ1n) is 11.6. The molecule has 1 saturated heterocycles. The number of likely N-dealkylation sites (tertiary alicyclic amines) is 1. The number of hydrogen-bond donors (Lipinski definition) is 2. The fraction of sp³-hybridized carbons (Fsp3) is 0.417. The van der Waals surface area contributed by atoms with Crippen LogP contribution >= 0.6 is 0 Å². The second kappa shape index (κ2) is 9.87. The van der Waals surface area contributed by atoms with Crippen LogP contribution in [-0.4, -0.2) is 74.8 Å². The fourth-order valence-corrected chi connectivity index (χ4v) is 4.62. The first kappa shape index (κ1) is 23.0. The third-order valence-electron chi connectivity index (χ3n) is 6.50. The average Bonchev–Trinajstić information content (AvgIpc) is 2.86. The number of rotatable bonds is 6. The van der Waals surface area contributed by atoms with E-state index in [1.807, 2.05) is 0 Å². The summed E-state index contributed by atoms with van der Waals surface area (Å²) in [4.78, 5) is 39.1. The standard InChI is InChI=1S/C24H26FN5O5/c25-16-10-20-19(27-12-16)9-15(23(31)28-20)1-4-29-5-2-18(3-6-29)30(24(32)33)14-17-11-21-22(13-26-17)35-8-7-34-21/h9-13,18H,1-8,14H2,(H,28,31)(H,32,33). The van der Waals surface area contributed by atoms with Crippen molar-refractivity contribution in [2.75, 3.05) is 32.8 Å². The average molecular weight is 484 g/mol. The number of piperidine rings is 1. The molecule has 3 aromatic heterocycles. The van der Waals surface area contributed by atoms with Crippen LogP contribution in [0.15, 0.2) is 35.4 Å². The van der Waals surface area contributed by atoms with Gasteiger partial charge in [0, 0.05) is 43.4 Å². The Morgan fingerprint density at radius 2 is 1.91 bits per heavy atom. The molecule has 0 saturated carbocycles. The third-order valence-corrected chi connectivity index (χ3v) is 6.50. The van der Waals surface area contributed by atoms with Crippen LogP contribution in [0.5, 0.6) is 11.5 Å². The SMILES string of the molecule is O=C(O)N(Cc1cc2c(cn1)OCCO2)C1CCN(CCc2cc3ncc(F)cc3[nH]c2=O)CC1. The highest BCUT2D eigenvalue weighted by atomic mass is 19.1. The summed E-state index contributed by atoms with van der Waals surface area (Å²) in [5.41, 5.74) is 1.88. The van der Waals surface area contributed by atoms with Crippen molar-refractivity contribution in [3.8, 4) is 11.5 Å². The van der Waals surface area contributed by atoms with E-state index in [2.05, 4.69) is 19.9 Å². The highest BCUT2D eigenvalue weighted by Crippen LogP contribution is 2.30. The maximum absolute atomic E-state index is 13.3. The number of pyridine rings is 3. The number of nitrogens with zero attached hydrogens (tertiary/aromatic N) is 4. The number of H-pyrrole nitrogens is 1. The van der Waals surface area contributed by atoms with Gasteiger partial charge in [0.1, 0.15) is 19.0 Å². The van der Waals surface area contributed by atoms with Crippen LogP contribution in [0.2, 0.25) is 0 Å². The number of fused-ring (bicyclic) bond motifs is 2. The van der Waals surface area contributed by atoms with Crippen LogP contribution in [0.4, 0.5) is 9.18 Å². The predicted octanol–water partition coefficient (Wildman–Crippen LogP) is 2.42. The van der Waals surface area contributed by atoms with Crippen molar-refractivity contribution in [1.82, 2.24) is 24.8 Å². The number of hydrogen-bond acceptors (Lipinski definition) is 7. The molecule has 5 rings (SSSR count).